The fourth-order valence-corrected chi connectivity index (χ4v) is 4.33. The average molecular weight is 381 g/mol. The SMILES string of the molecule is O=C(Nc1ccn[nH]1)c1ccc([C@@H]2CCCN2C(=O)Cc2ccccn2)s1. The molecular weight excluding hydrogens is 362 g/mol. The zero-order valence-electron chi connectivity index (χ0n) is 14.6. The van der Waals surface area contributed by atoms with Crippen molar-refractivity contribution in [2.24, 2.45) is 0 Å². The van der Waals surface area contributed by atoms with Crippen LogP contribution >= 0.6 is 11.3 Å². The van der Waals surface area contributed by atoms with E-state index in [4.69, 9.17) is 0 Å². The lowest BCUT2D eigenvalue weighted by molar-refractivity contribution is -0.131. The van der Waals surface area contributed by atoms with Gasteiger partial charge in [-0.15, -0.1) is 11.3 Å². The van der Waals surface area contributed by atoms with Gasteiger partial charge < -0.3 is 10.2 Å². The second-order valence-electron chi connectivity index (χ2n) is 6.37. The van der Waals surface area contributed by atoms with Crippen molar-refractivity contribution in [3.05, 3.63) is 64.2 Å². The van der Waals surface area contributed by atoms with Crippen LogP contribution in [0.15, 0.2) is 48.8 Å². The first-order valence-electron chi connectivity index (χ1n) is 8.80. The Morgan fingerprint density at radius 2 is 2.15 bits per heavy atom. The van der Waals surface area contributed by atoms with Crippen molar-refractivity contribution in [2.45, 2.75) is 25.3 Å². The number of carbonyl (C=O) groups excluding carboxylic acids is 2. The highest BCUT2D eigenvalue weighted by atomic mass is 32.1. The van der Waals surface area contributed by atoms with Gasteiger partial charge in [-0.25, -0.2) is 0 Å². The van der Waals surface area contributed by atoms with E-state index in [1.165, 1.54) is 11.3 Å². The second-order valence-corrected chi connectivity index (χ2v) is 7.48. The van der Waals surface area contributed by atoms with Crippen molar-refractivity contribution in [3.8, 4) is 0 Å². The molecular formula is C19H19N5O2S. The molecule has 0 unspecified atom stereocenters. The standard InChI is InChI=1S/C19H19N5O2S/c25-18(12-13-4-1-2-9-20-13)24-11-3-5-14(24)15-6-7-16(27-15)19(26)22-17-8-10-21-23-17/h1-2,4,6-10,14H,3,5,11-12H2,(H2,21,22,23,26)/t14-/m0/s1. The maximum atomic E-state index is 12.8. The van der Waals surface area contributed by atoms with Crippen LogP contribution in [0.3, 0.4) is 0 Å². The number of rotatable bonds is 5. The average Bonchev–Trinajstić information content (AvgIpc) is 3.43. The predicted molar refractivity (Wildman–Crippen MR) is 102 cm³/mol. The fraction of sp³-hybridized carbons (Fsp3) is 0.263. The minimum Gasteiger partial charge on any atom is -0.335 e. The molecule has 3 aromatic rings. The van der Waals surface area contributed by atoms with Crippen molar-refractivity contribution in [1.29, 1.82) is 0 Å². The highest BCUT2D eigenvalue weighted by molar-refractivity contribution is 7.14. The van der Waals surface area contributed by atoms with Crippen LogP contribution in [0.4, 0.5) is 5.82 Å². The number of nitrogens with zero attached hydrogens (tertiary/aromatic N) is 3. The van der Waals surface area contributed by atoms with Gasteiger partial charge in [-0.05, 0) is 37.1 Å². The van der Waals surface area contributed by atoms with Gasteiger partial charge in [0.1, 0.15) is 5.82 Å². The number of aromatic amines is 1. The Labute approximate surface area is 160 Å². The number of H-pyrrole nitrogens is 1. The molecule has 0 aliphatic carbocycles. The largest absolute Gasteiger partial charge is 0.335 e. The minimum absolute atomic E-state index is 0.0277. The van der Waals surface area contributed by atoms with Gasteiger partial charge in [0.15, 0.2) is 0 Å². The van der Waals surface area contributed by atoms with Gasteiger partial charge in [-0.2, -0.15) is 5.10 Å². The summed E-state index contributed by atoms with van der Waals surface area (Å²) in [4.78, 5) is 32.9. The van der Waals surface area contributed by atoms with E-state index >= 15 is 0 Å². The van der Waals surface area contributed by atoms with Gasteiger partial charge in [0, 0.05) is 29.4 Å². The van der Waals surface area contributed by atoms with Gasteiger partial charge in [-0.3, -0.25) is 19.7 Å². The predicted octanol–water partition coefficient (Wildman–Crippen LogP) is 3.02. The minimum atomic E-state index is -0.181. The Morgan fingerprint density at radius 1 is 1.22 bits per heavy atom. The number of nitrogens with one attached hydrogen (secondary N) is 2. The molecule has 1 fully saturated rings. The van der Waals surface area contributed by atoms with Crippen molar-refractivity contribution in [1.82, 2.24) is 20.1 Å². The number of hydrogen-bond donors (Lipinski definition) is 2. The van der Waals surface area contributed by atoms with E-state index in [-0.39, 0.29) is 17.9 Å². The summed E-state index contributed by atoms with van der Waals surface area (Å²) in [5.41, 5.74) is 0.777. The topological polar surface area (TPSA) is 91.0 Å². The zero-order valence-corrected chi connectivity index (χ0v) is 15.4. The van der Waals surface area contributed by atoms with Crippen LogP contribution in [0.1, 0.15) is 39.1 Å². The van der Waals surface area contributed by atoms with Crippen LogP contribution in [0.2, 0.25) is 0 Å². The summed E-state index contributed by atoms with van der Waals surface area (Å²) in [6.45, 7) is 0.740. The number of hydrogen-bond acceptors (Lipinski definition) is 5. The number of amides is 2. The molecule has 0 saturated carbocycles. The summed E-state index contributed by atoms with van der Waals surface area (Å²) in [5.74, 6) is 0.455. The quantitative estimate of drug-likeness (QED) is 0.711. The molecule has 8 heteroatoms. The van der Waals surface area contributed by atoms with Gasteiger partial charge in [-0.1, -0.05) is 6.07 Å². The zero-order chi connectivity index (χ0) is 18.6. The Hall–Kier alpha value is -3.00. The molecule has 2 N–H and O–H groups in total. The molecule has 1 atom stereocenters. The number of pyridine rings is 1. The van der Waals surface area contributed by atoms with E-state index in [0.29, 0.717) is 17.1 Å². The third-order valence-electron chi connectivity index (χ3n) is 4.56. The second kappa shape index (κ2) is 7.71. The van der Waals surface area contributed by atoms with E-state index in [9.17, 15) is 9.59 Å². The van der Waals surface area contributed by atoms with E-state index in [2.05, 4.69) is 20.5 Å². The Morgan fingerprint density at radius 3 is 2.93 bits per heavy atom. The smallest absolute Gasteiger partial charge is 0.266 e. The van der Waals surface area contributed by atoms with Crippen molar-refractivity contribution < 1.29 is 9.59 Å². The van der Waals surface area contributed by atoms with Crippen LogP contribution in [0.25, 0.3) is 0 Å². The molecule has 0 radical (unpaired) electrons. The molecule has 4 rings (SSSR count). The van der Waals surface area contributed by atoms with E-state index in [1.807, 2.05) is 35.2 Å². The number of aromatic nitrogens is 3. The molecule has 138 valence electrons. The van der Waals surface area contributed by atoms with E-state index in [1.54, 1.807) is 18.5 Å². The van der Waals surface area contributed by atoms with Gasteiger partial charge in [0.25, 0.3) is 5.91 Å². The highest BCUT2D eigenvalue weighted by Crippen LogP contribution is 2.36. The Balaban J connectivity index is 1.45. The van der Waals surface area contributed by atoms with E-state index in [0.717, 1.165) is 30.0 Å². The first kappa shape index (κ1) is 17.4. The molecule has 0 spiro atoms. The monoisotopic (exact) mass is 381 g/mol. The maximum absolute atomic E-state index is 12.8. The third kappa shape index (κ3) is 3.90. The summed E-state index contributed by atoms with van der Waals surface area (Å²) in [6, 6.07) is 11.1. The molecule has 1 saturated heterocycles. The Bertz CT molecular complexity index is 923. The summed E-state index contributed by atoms with van der Waals surface area (Å²) >= 11 is 1.43. The molecule has 2 amide bonds. The van der Waals surface area contributed by atoms with E-state index < -0.39 is 0 Å². The molecule has 1 aliphatic heterocycles. The number of likely N-dealkylation sites (tertiary alicyclic amines) is 1. The van der Waals surface area contributed by atoms with Crippen molar-refractivity contribution in [2.75, 3.05) is 11.9 Å². The number of carbonyl (C=O) groups is 2. The highest BCUT2D eigenvalue weighted by Gasteiger charge is 2.31. The number of anilines is 1. The molecule has 1 aliphatic rings. The summed E-state index contributed by atoms with van der Waals surface area (Å²) < 4.78 is 0. The van der Waals surface area contributed by atoms with Crippen LogP contribution in [0.5, 0.6) is 0 Å². The molecule has 7 nitrogen and oxygen atoms in total. The number of thiophene rings is 1. The van der Waals surface area contributed by atoms with Gasteiger partial charge >= 0.3 is 0 Å². The van der Waals surface area contributed by atoms with Crippen LogP contribution in [0, 0.1) is 0 Å². The van der Waals surface area contributed by atoms with Crippen molar-refractivity contribution in [3.63, 3.8) is 0 Å². The molecule has 0 bridgehead atoms. The van der Waals surface area contributed by atoms with Crippen LogP contribution < -0.4 is 5.32 Å². The van der Waals surface area contributed by atoms with Crippen molar-refractivity contribution >= 4 is 29.0 Å². The third-order valence-corrected chi connectivity index (χ3v) is 5.74. The summed E-state index contributed by atoms with van der Waals surface area (Å²) in [6.07, 6.45) is 5.46. The lowest BCUT2D eigenvalue weighted by atomic mass is 10.1. The fourth-order valence-electron chi connectivity index (χ4n) is 3.28. The molecule has 0 aromatic carbocycles. The first-order valence-corrected chi connectivity index (χ1v) is 9.62. The normalized spacial score (nSPS) is 16.4. The summed E-state index contributed by atoms with van der Waals surface area (Å²) in [5, 5.41) is 9.30. The lowest BCUT2D eigenvalue weighted by Crippen LogP contribution is -2.31. The van der Waals surface area contributed by atoms with Crippen LogP contribution in [-0.4, -0.2) is 38.4 Å². The maximum Gasteiger partial charge on any atom is 0.266 e. The lowest BCUT2D eigenvalue weighted by Gasteiger charge is -2.23. The van der Waals surface area contributed by atoms with Gasteiger partial charge in [0.2, 0.25) is 5.91 Å². The first-order chi connectivity index (χ1) is 13.2. The van der Waals surface area contributed by atoms with Gasteiger partial charge in [0.05, 0.1) is 23.5 Å². The molecule has 27 heavy (non-hydrogen) atoms. The Kier molecular flexibility index (Phi) is 4.97. The van der Waals surface area contributed by atoms with Crippen LogP contribution in [-0.2, 0) is 11.2 Å². The summed E-state index contributed by atoms with van der Waals surface area (Å²) in [7, 11) is 0. The molecule has 4 heterocycles. The molecule has 3 aromatic heterocycles.